The zero-order valence-electron chi connectivity index (χ0n) is 16.3. The van der Waals surface area contributed by atoms with Gasteiger partial charge in [0.2, 0.25) is 0 Å². The molecule has 6 heteroatoms. The number of carbonyl (C=O) groups excluding carboxylic acids is 1. The van der Waals surface area contributed by atoms with Crippen LogP contribution in [0.4, 0.5) is 0 Å². The van der Waals surface area contributed by atoms with Crippen molar-refractivity contribution in [2.45, 2.75) is 33.1 Å². The van der Waals surface area contributed by atoms with Crippen LogP contribution >= 0.6 is 11.3 Å². The van der Waals surface area contributed by atoms with Crippen LogP contribution in [0.3, 0.4) is 0 Å². The predicted molar refractivity (Wildman–Crippen MR) is 110 cm³/mol. The van der Waals surface area contributed by atoms with E-state index in [1.54, 1.807) is 17.6 Å². The lowest BCUT2D eigenvalue weighted by molar-refractivity contribution is 0.0302. The number of morpholine rings is 1. The minimum atomic E-state index is 0.0331. The molecule has 0 bridgehead atoms. The average Bonchev–Trinajstić information content (AvgIpc) is 3.34. The Balaban J connectivity index is 1.76. The van der Waals surface area contributed by atoms with Gasteiger partial charge in [0.25, 0.3) is 5.91 Å². The normalized spacial score (nSPS) is 19.8. The number of pyridine rings is 1. The maximum atomic E-state index is 13.5. The second kappa shape index (κ2) is 7.01. The molecule has 1 atom stereocenters. The summed E-state index contributed by atoms with van der Waals surface area (Å²) in [6.45, 7) is 6.67. The van der Waals surface area contributed by atoms with Gasteiger partial charge >= 0.3 is 0 Å². The van der Waals surface area contributed by atoms with Crippen LogP contribution < -0.4 is 0 Å². The third-order valence-corrected chi connectivity index (χ3v) is 7.05. The first-order valence-corrected chi connectivity index (χ1v) is 10.8. The number of furan rings is 1. The monoisotopic (exact) mass is 396 g/mol. The van der Waals surface area contributed by atoms with Gasteiger partial charge in [-0.25, -0.2) is 4.98 Å². The van der Waals surface area contributed by atoms with Gasteiger partial charge in [0.05, 0.1) is 30.7 Å². The van der Waals surface area contributed by atoms with Gasteiger partial charge in [-0.2, -0.15) is 0 Å². The summed E-state index contributed by atoms with van der Waals surface area (Å²) >= 11 is 1.79. The minimum absolute atomic E-state index is 0.0331. The van der Waals surface area contributed by atoms with Crippen molar-refractivity contribution >= 4 is 27.5 Å². The van der Waals surface area contributed by atoms with E-state index in [0.717, 1.165) is 40.1 Å². The van der Waals surface area contributed by atoms with E-state index in [2.05, 4.69) is 6.92 Å². The van der Waals surface area contributed by atoms with Crippen LogP contribution in [0.2, 0.25) is 0 Å². The Labute approximate surface area is 168 Å². The molecule has 0 radical (unpaired) electrons. The largest absolute Gasteiger partial charge is 0.464 e. The van der Waals surface area contributed by atoms with E-state index < -0.39 is 0 Å². The van der Waals surface area contributed by atoms with Crippen LogP contribution in [0.5, 0.6) is 0 Å². The van der Waals surface area contributed by atoms with E-state index in [1.807, 2.05) is 24.0 Å². The van der Waals surface area contributed by atoms with Gasteiger partial charge in [-0.3, -0.25) is 4.79 Å². The molecule has 0 N–H and O–H groups in total. The number of nitrogens with zero attached hydrogens (tertiary/aromatic N) is 2. The number of rotatable bonds is 2. The third-order valence-electron chi connectivity index (χ3n) is 5.90. The standard InChI is InChI=1S/C22H24N2O3S/c1-13-5-6-15-17(12-13)28-21-19(15)20(16-4-3-9-27-16)18(14(2)23-21)22(25)24-7-10-26-11-8-24/h3-4,9,13H,5-8,10-12H2,1-2H3/t13-/m1/s1. The molecule has 0 saturated carbocycles. The molecule has 5 nitrogen and oxygen atoms in total. The second-order valence-electron chi connectivity index (χ2n) is 7.86. The summed E-state index contributed by atoms with van der Waals surface area (Å²) in [5.41, 5.74) is 3.76. The molecule has 4 heterocycles. The molecule has 2 aliphatic rings. The van der Waals surface area contributed by atoms with Gasteiger partial charge < -0.3 is 14.1 Å². The Morgan fingerprint density at radius 1 is 1.32 bits per heavy atom. The number of fused-ring (bicyclic) bond motifs is 3. The Bertz CT molecular complexity index is 1030. The SMILES string of the molecule is Cc1nc2sc3c(c2c(-c2ccco2)c1C(=O)N1CCOCC1)CC[C@@H](C)C3. The molecule has 3 aromatic heterocycles. The zero-order chi connectivity index (χ0) is 19.3. The molecule has 3 aromatic rings. The first-order valence-electron chi connectivity index (χ1n) is 9.99. The van der Waals surface area contributed by atoms with Crippen molar-refractivity contribution in [1.82, 2.24) is 9.88 Å². The van der Waals surface area contributed by atoms with Gasteiger partial charge in [-0.05, 0) is 49.8 Å². The fourth-order valence-corrected chi connectivity index (χ4v) is 5.88. The van der Waals surface area contributed by atoms with Crippen molar-refractivity contribution in [3.8, 4) is 11.3 Å². The fourth-order valence-electron chi connectivity index (χ4n) is 4.44. The second-order valence-corrected chi connectivity index (χ2v) is 8.94. The van der Waals surface area contributed by atoms with Gasteiger partial charge in [-0.1, -0.05) is 6.92 Å². The molecule has 146 valence electrons. The summed E-state index contributed by atoms with van der Waals surface area (Å²) in [5.74, 6) is 1.49. The molecule has 0 aromatic carbocycles. The maximum absolute atomic E-state index is 13.5. The van der Waals surface area contributed by atoms with Crippen molar-refractivity contribution < 1.29 is 13.9 Å². The third kappa shape index (κ3) is 2.86. The van der Waals surface area contributed by atoms with E-state index in [9.17, 15) is 4.79 Å². The topological polar surface area (TPSA) is 55.6 Å². The Morgan fingerprint density at radius 3 is 2.89 bits per heavy atom. The van der Waals surface area contributed by atoms with Crippen molar-refractivity contribution in [1.29, 1.82) is 0 Å². The molecule has 1 aliphatic heterocycles. The predicted octanol–water partition coefficient (Wildman–Crippen LogP) is 4.46. The molecule has 0 unspecified atom stereocenters. The number of aryl methyl sites for hydroxylation is 2. The van der Waals surface area contributed by atoms with Crippen molar-refractivity contribution in [2.75, 3.05) is 26.3 Å². The zero-order valence-corrected chi connectivity index (χ0v) is 17.1. The summed E-state index contributed by atoms with van der Waals surface area (Å²) in [5, 5.41) is 1.13. The van der Waals surface area contributed by atoms with Crippen LogP contribution in [-0.4, -0.2) is 42.1 Å². The summed E-state index contributed by atoms with van der Waals surface area (Å²) in [6, 6.07) is 3.85. The molecule has 1 saturated heterocycles. The van der Waals surface area contributed by atoms with Crippen LogP contribution in [-0.2, 0) is 17.6 Å². The molecule has 1 aliphatic carbocycles. The first kappa shape index (κ1) is 17.9. The van der Waals surface area contributed by atoms with E-state index >= 15 is 0 Å². The number of aromatic nitrogens is 1. The van der Waals surface area contributed by atoms with Gasteiger partial charge in [-0.15, -0.1) is 11.3 Å². The van der Waals surface area contributed by atoms with E-state index in [0.29, 0.717) is 37.8 Å². The highest BCUT2D eigenvalue weighted by Crippen LogP contribution is 2.44. The van der Waals surface area contributed by atoms with Crippen LogP contribution in [0.25, 0.3) is 21.5 Å². The molecular weight excluding hydrogens is 372 g/mol. The van der Waals surface area contributed by atoms with E-state index in [1.165, 1.54) is 16.9 Å². The molecular formula is C22H24N2O3S. The highest BCUT2D eigenvalue weighted by molar-refractivity contribution is 7.19. The molecule has 1 amide bonds. The van der Waals surface area contributed by atoms with Crippen molar-refractivity contribution in [2.24, 2.45) is 5.92 Å². The maximum Gasteiger partial charge on any atom is 0.256 e. The summed E-state index contributed by atoms with van der Waals surface area (Å²) in [6.07, 6.45) is 5.00. The Kier molecular flexibility index (Phi) is 4.48. The van der Waals surface area contributed by atoms with Crippen molar-refractivity contribution in [3.05, 3.63) is 40.1 Å². The quantitative estimate of drug-likeness (QED) is 0.642. The molecule has 1 fully saturated rings. The van der Waals surface area contributed by atoms with E-state index in [4.69, 9.17) is 14.1 Å². The number of hydrogen-bond acceptors (Lipinski definition) is 5. The Morgan fingerprint density at radius 2 is 2.14 bits per heavy atom. The number of ether oxygens (including phenoxy) is 1. The van der Waals surface area contributed by atoms with Gasteiger partial charge in [0, 0.05) is 28.9 Å². The molecule has 5 rings (SSSR count). The highest BCUT2D eigenvalue weighted by Gasteiger charge is 2.31. The Hall–Kier alpha value is -2.18. The summed E-state index contributed by atoms with van der Waals surface area (Å²) < 4.78 is 11.3. The summed E-state index contributed by atoms with van der Waals surface area (Å²) in [7, 11) is 0. The van der Waals surface area contributed by atoms with Gasteiger partial charge in [0.15, 0.2) is 0 Å². The lowest BCUT2D eigenvalue weighted by Crippen LogP contribution is -2.41. The number of carbonyl (C=O) groups is 1. The highest BCUT2D eigenvalue weighted by atomic mass is 32.1. The van der Waals surface area contributed by atoms with Crippen LogP contribution in [0.1, 0.15) is 39.8 Å². The summed E-state index contributed by atoms with van der Waals surface area (Å²) in [4.78, 5) is 22.7. The lowest BCUT2D eigenvalue weighted by atomic mass is 9.87. The van der Waals surface area contributed by atoms with E-state index in [-0.39, 0.29) is 5.91 Å². The van der Waals surface area contributed by atoms with Crippen LogP contribution in [0, 0.1) is 12.8 Å². The number of amides is 1. The van der Waals surface area contributed by atoms with Crippen molar-refractivity contribution in [3.63, 3.8) is 0 Å². The fraction of sp³-hybridized carbons (Fsp3) is 0.455. The number of thiophene rings is 1. The molecule has 0 spiro atoms. The smallest absolute Gasteiger partial charge is 0.256 e. The first-order chi connectivity index (χ1) is 13.6. The number of hydrogen-bond donors (Lipinski definition) is 0. The molecule has 28 heavy (non-hydrogen) atoms. The average molecular weight is 397 g/mol. The lowest BCUT2D eigenvalue weighted by Gasteiger charge is -2.28. The van der Waals surface area contributed by atoms with Gasteiger partial charge in [0.1, 0.15) is 10.6 Å². The minimum Gasteiger partial charge on any atom is -0.464 e. The van der Waals surface area contributed by atoms with Crippen LogP contribution in [0.15, 0.2) is 22.8 Å².